The van der Waals surface area contributed by atoms with Gasteiger partial charge in [0.05, 0.1) is 17.2 Å². The Labute approximate surface area is 89.7 Å². The minimum absolute atomic E-state index is 0.262. The van der Waals surface area contributed by atoms with Gasteiger partial charge in [-0.05, 0) is 12.8 Å². The number of hydrazine groups is 1. The molecule has 14 heavy (non-hydrogen) atoms. The molecule has 1 aromatic rings. The quantitative estimate of drug-likeness (QED) is 0.583. The summed E-state index contributed by atoms with van der Waals surface area (Å²) in [6.45, 7) is 6.45. The van der Waals surface area contributed by atoms with Crippen LogP contribution in [-0.2, 0) is 0 Å². The monoisotopic (exact) mass is 213 g/mol. The van der Waals surface area contributed by atoms with Gasteiger partial charge in [-0.3, -0.25) is 11.3 Å². The summed E-state index contributed by atoms with van der Waals surface area (Å²) >= 11 is 1.69. The number of aryl methyl sites for hydroxylation is 1. The van der Waals surface area contributed by atoms with Gasteiger partial charge in [0.1, 0.15) is 0 Å². The molecule has 0 aromatic carbocycles. The fourth-order valence-electron chi connectivity index (χ4n) is 1.80. The van der Waals surface area contributed by atoms with Crippen molar-refractivity contribution in [3.05, 3.63) is 16.1 Å². The first-order valence-corrected chi connectivity index (χ1v) is 5.98. The molecular weight excluding hydrogens is 194 g/mol. The van der Waals surface area contributed by atoms with Gasteiger partial charge in [0, 0.05) is 4.88 Å². The maximum Gasteiger partial charge on any atom is 0.0798 e. The van der Waals surface area contributed by atoms with Crippen LogP contribution in [0, 0.1) is 12.8 Å². The topological polar surface area (TPSA) is 50.9 Å². The van der Waals surface area contributed by atoms with Crippen LogP contribution in [0.25, 0.3) is 0 Å². The normalized spacial score (nSPS) is 13.5. The summed E-state index contributed by atoms with van der Waals surface area (Å²) in [6.07, 6.45) is 2.28. The average Bonchev–Trinajstić information content (AvgIpc) is 2.61. The van der Waals surface area contributed by atoms with Gasteiger partial charge in [0.25, 0.3) is 0 Å². The summed E-state index contributed by atoms with van der Waals surface area (Å²) in [5.74, 6) is 6.21. The summed E-state index contributed by atoms with van der Waals surface area (Å²) in [4.78, 5) is 5.54. The third-order valence-corrected chi connectivity index (χ3v) is 3.78. The van der Waals surface area contributed by atoms with Crippen molar-refractivity contribution >= 4 is 11.3 Å². The molecule has 3 nitrogen and oxygen atoms in total. The zero-order valence-corrected chi connectivity index (χ0v) is 9.90. The highest BCUT2D eigenvalue weighted by atomic mass is 32.1. The van der Waals surface area contributed by atoms with Crippen molar-refractivity contribution in [3.8, 4) is 0 Å². The van der Waals surface area contributed by atoms with E-state index in [0.717, 1.165) is 18.5 Å². The number of nitrogens with two attached hydrogens (primary N) is 1. The molecule has 0 aliphatic heterocycles. The number of nitrogens with one attached hydrogen (secondary N) is 1. The van der Waals surface area contributed by atoms with E-state index in [4.69, 9.17) is 5.84 Å². The van der Waals surface area contributed by atoms with Crippen molar-refractivity contribution in [2.24, 2.45) is 11.8 Å². The SMILES string of the molecule is CCC(CC)C(NN)c1scnc1C. The number of hydrogen-bond acceptors (Lipinski definition) is 4. The number of rotatable bonds is 5. The van der Waals surface area contributed by atoms with Crippen molar-refractivity contribution in [2.75, 3.05) is 0 Å². The Morgan fingerprint density at radius 1 is 1.50 bits per heavy atom. The van der Waals surface area contributed by atoms with Crippen LogP contribution < -0.4 is 11.3 Å². The molecule has 0 bridgehead atoms. The summed E-state index contributed by atoms with van der Waals surface area (Å²) in [5, 5.41) is 0. The van der Waals surface area contributed by atoms with Crippen molar-refractivity contribution in [2.45, 2.75) is 39.7 Å². The Hall–Kier alpha value is -0.450. The van der Waals surface area contributed by atoms with Crippen LogP contribution >= 0.6 is 11.3 Å². The van der Waals surface area contributed by atoms with E-state index in [1.54, 1.807) is 11.3 Å². The van der Waals surface area contributed by atoms with Gasteiger partial charge >= 0.3 is 0 Å². The molecular formula is C10H19N3S. The molecule has 80 valence electrons. The molecule has 0 saturated carbocycles. The summed E-state index contributed by atoms with van der Waals surface area (Å²) in [7, 11) is 0. The zero-order chi connectivity index (χ0) is 10.6. The van der Waals surface area contributed by atoms with E-state index in [2.05, 4.69) is 24.3 Å². The molecule has 1 atom stereocenters. The molecule has 0 spiro atoms. The van der Waals surface area contributed by atoms with Crippen molar-refractivity contribution < 1.29 is 0 Å². The third-order valence-electron chi connectivity index (χ3n) is 2.76. The lowest BCUT2D eigenvalue weighted by Crippen LogP contribution is -2.33. The fourth-order valence-corrected chi connectivity index (χ4v) is 2.75. The largest absolute Gasteiger partial charge is 0.271 e. The zero-order valence-electron chi connectivity index (χ0n) is 9.08. The van der Waals surface area contributed by atoms with E-state index < -0.39 is 0 Å². The first-order chi connectivity index (χ1) is 6.74. The van der Waals surface area contributed by atoms with Gasteiger partial charge in [-0.2, -0.15) is 0 Å². The van der Waals surface area contributed by atoms with Crippen molar-refractivity contribution in [1.82, 2.24) is 10.4 Å². The molecule has 1 aromatic heterocycles. The Morgan fingerprint density at radius 2 is 2.14 bits per heavy atom. The molecule has 0 saturated heterocycles. The molecule has 0 radical (unpaired) electrons. The molecule has 0 fully saturated rings. The lowest BCUT2D eigenvalue weighted by Gasteiger charge is -2.23. The van der Waals surface area contributed by atoms with Crippen LogP contribution in [0.2, 0.25) is 0 Å². The van der Waals surface area contributed by atoms with E-state index in [1.807, 2.05) is 12.4 Å². The van der Waals surface area contributed by atoms with Gasteiger partial charge < -0.3 is 0 Å². The first kappa shape index (κ1) is 11.6. The maximum absolute atomic E-state index is 5.61. The molecule has 1 heterocycles. The number of thiazole rings is 1. The lowest BCUT2D eigenvalue weighted by molar-refractivity contribution is 0.348. The van der Waals surface area contributed by atoms with E-state index in [0.29, 0.717) is 5.92 Å². The Balaban J connectivity index is 2.86. The smallest absolute Gasteiger partial charge is 0.0798 e. The molecule has 3 N–H and O–H groups in total. The second-order valence-electron chi connectivity index (χ2n) is 3.52. The molecule has 0 aliphatic carbocycles. The number of aromatic nitrogens is 1. The van der Waals surface area contributed by atoms with Gasteiger partial charge in [0.2, 0.25) is 0 Å². The Kier molecular flexibility index (Phi) is 4.51. The maximum atomic E-state index is 5.61. The Bertz CT molecular complexity index is 268. The molecule has 1 unspecified atom stereocenters. The average molecular weight is 213 g/mol. The van der Waals surface area contributed by atoms with Crippen LogP contribution in [0.1, 0.15) is 43.3 Å². The van der Waals surface area contributed by atoms with Gasteiger partial charge in [-0.25, -0.2) is 4.98 Å². The van der Waals surface area contributed by atoms with Gasteiger partial charge in [-0.1, -0.05) is 26.7 Å². The van der Waals surface area contributed by atoms with Crippen molar-refractivity contribution in [3.63, 3.8) is 0 Å². The molecule has 0 amide bonds. The Morgan fingerprint density at radius 3 is 2.50 bits per heavy atom. The predicted molar refractivity (Wildman–Crippen MR) is 61.0 cm³/mol. The number of hydrogen-bond donors (Lipinski definition) is 2. The second kappa shape index (κ2) is 5.44. The highest BCUT2D eigenvalue weighted by Crippen LogP contribution is 2.30. The minimum Gasteiger partial charge on any atom is -0.271 e. The van der Waals surface area contributed by atoms with Gasteiger partial charge in [0.15, 0.2) is 0 Å². The lowest BCUT2D eigenvalue weighted by atomic mass is 9.93. The van der Waals surface area contributed by atoms with E-state index in [-0.39, 0.29) is 6.04 Å². The standard InChI is InChI=1S/C10H19N3S/c1-4-8(5-2)9(13-11)10-7(3)12-6-14-10/h6,8-9,13H,4-5,11H2,1-3H3. The van der Waals surface area contributed by atoms with Crippen LogP contribution in [0.3, 0.4) is 0 Å². The van der Waals surface area contributed by atoms with Gasteiger partial charge in [-0.15, -0.1) is 11.3 Å². The van der Waals surface area contributed by atoms with Crippen LogP contribution in [-0.4, -0.2) is 4.98 Å². The third kappa shape index (κ3) is 2.32. The predicted octanol–water partition coefficient (Wildman–Crippen LogP) is 2.39. The fraction of sp³-hybridized carbons (Fsp3) is 0.700. The summed E-state index contributed by atoms with van der Waals surface area (Å²) < 4.78 is 0. The van der Waals surface area contributed by atoms with Crippen LogP contribution in [0.4, 0.5) is 0 Å². The van der Waals surface area contributed by atoms with E-state index >= 15 is 0 Å². The van der Waals surface area contributed by atoms with Crippen molar-refractivity contribution in [1.29, 1.82) is 0 Å². The molecule has 1 rings (SSSR count). The summed E-state index contributed by atoms with van der Waals surface area (Å²) in [5.41, 5.74) is 5.91. The molecule has 4 heteroatoms. The highest BCUT2D eigenvalue weighted by Gasteiger charge is 2.22. The number of nitrogens with zero attached hydrogens (tertiary/aromatic N) is 1. The second-order valence-corrected chi connectivity index (χ2v) is 4.41. The van der Waals surface area contributed by atoms with E-state index in [1.165, 1.54) is 4.88 Å². The summed E-state index contributed by atoms with van der Waals surface area (Å²) in [6, 6.07) is 0.262. The van der Waals surface area contributed by atoms with Crippen LogP contribution in [0.5, 0.6) is 0 Å². The first-order valence-electron chi connectivity index (χ1n) is 5.10. The van der Waals surface area contributed by atoms with Crippen LogP contribution in [0.15, 0.2) is 5.51 Å². The minimum atomic E-state index is 0.262. The van der Waals surface area contributed by atoms with E-state index in [9.17, 15) is 0 Å². The molecule has 0 aliphatic rings. The highest BCUT2D eigenvalue weighted by molar-refractivity contribution is 7.09.